The summed E-state index contributed by atoms with van der Waals surface area (Å²) < 4.78 is 87.2. The van der Waals surface area contributed by atoms with E-state index in [0.29, 0.717) is 30.2 Å². The Kier molecular flexibility index (Phi) is 10.1. The van der Waals surface area contributed by atoms with E-state index in [0.717, 1.165) is 16.2 Å². The van der Waals surface area contributed by atoms with Crippen LogP contribution in [-0.2, 0) is 18.5 Å². The summed E-state index contributed by atoms with van der Waals surface area (Å²) in [5, 5.41) is 1.23. The number of methoxy groups -OCH3 is 1. The SMILES string of the molecule is COc1ccc(CP(Br)(C[C@@H](NC(=O)c2cc(C(F)(F)F)cc(C(F)(F)F)c2)C(C)(C)C)(c2ccccc2)c2ccccc2)cc1. The van der Waals surface area contributed by atoms with Crippen LogP contribution in [0.15, 0.2) is 103 Å². The third-order valence-electron chi connectivity index (χ3n) is 8.13. The number of ether oxygens (including phenoxy) is 1. The molecule has 1 atom stereocenters. The number of hydrogen-bond acceptors (Lipinski definition) is 2. The van der Waals surface area contributed by atoms with Crippen molar-refractivity contribution >= 4 is 37.3 Å². The van der Waals surface area contributed by atoms with Crippen LogP contribution in [0.4, 0.5) is 26.3 Å². The van der Waals surface area contributed by atoms with Gasteiger partial charge in [-0.05, 0) is 0 Å². The Labute approximate surface area is 273 Å². The number of benzene rings is 4. The predicted octanol–water partition coefficient (Wildman–Crippen LogP) is 9.59. The van der Waals surface area contributed by atoms with Crippen LogP contribution in [-0.4, -0.2) is 25.2 Å². The first kappa shape index (κ1) is 35.5. The third-order valence-corrected chi connectivity index (χ3v) is 17.3. The molecule has 0 heterocycles. The van der Waals surface area contributed by atoms with Crippen molar-refractivity contribution < 1.29 is 35.9 Å². The van der Waals surface area contributed by atoms with E-state index in [4.69, 9.17) is 4.74 Å². The number of carbonyl (C=O) groups excluding carboxylic acids is 1. The molecule has 1 N–H and O–H groups in total. The van der Waals surface area contributed by atoms with Crippen LogP contribution < -0.4 is 20.7 Å². The average molecular weight is 727 g/mol. The summed E-state index contributed by atoms with van der Waals surface area (Å²) in [5.41, 5.74) is -3.53. The average Bonchev–Trinajstić information content (AvgIpc) is 3.00. The van der Waals surface area contributed by atoms with Crippen molar-refractivity contribution in [1.82, 2.24) is 5.32 Å². The number of hydrogen-bond donors (Lipinski definition) is 1. The van der Waals surface area contributed by atoms with Gasteiger partial charge in [0.1, 0.15) is 0 Å². The fraction of sp³-hybridized carbons (Fsp3) is 0.286. The van der Waals surface area contributed by atoms with Gasteiger partial charge in [-0.25, -0.2) is 0 Å². The molecule has 4 aromatic carbocycles. The number of halogens is 7. The van der Waals surface area contributed by atoms with Crippen molar-refractivity contribution in [2.45, 2.75) is 45.3 Å². The topological polar surface area (TPSA) is 38.3 Å². The first-order valence-corrected chi connectivity index (χ1v) is 19.0. The molecule has 4 aromatic rings. The Morgan fingerprint density at radius 1 is 0.761 bits per heavy atom. The zero-order valence-electron chi connectivity index (χ0n) is 25.7. The van der Waals surface area contributed by atoms with Crippen molar-refractivity contribution in [1.29, 1.82) is 0 Å². The van der Waals surface area contributed by atoms with Gasteiger partial charge in [0.2, 0.25) is 0 Å². The molecule has 0 radical (unpaired) electrons. The second kappa shape index (κ2) is 13.0. The predicted molar refractivity (Wildman–Crippen MR) is 177 cm³/mol. The van der Waals surface area contributed by atoms with E-state index in [1.807, 2.05) is 106 Å². The van der Waals surface area contributed by atoms with Gasteiger partial charge in [0, 0.05) is 0 Å². The molecule has 46 heavy (non-hydrogen) atoms. The standard InChI is InChI=1S/C35H35BrF6NO2P/c1-33(2,3)31(43-32(44)25-19-26(34(37,38)39)21-27(20-25)35(40,41)42)23-46(36,29-11-7-5-8-12-29,30-13-9-6-10-14-30)22-24-15-17-28(45-4)18-16-24/h5-21,31H,22-23H2,1-4H3,(H,43,44)/t31-/m1/s1. The van der Waals surface area contributed by atoms with Crippen LogP contribution in [0.25, 0.3) is 0 Å². The molecule has 0 aliphatic carbocycles. The monoisotopic (exact) mass is 725 g/mol. The molecule has 0 fully saturated rings. The molecular weight excluding hydrogens is 691 g/mol. The molecule has 3 nitrogen and oxygen atoms in total. The van der Waals surface area contributed by atoms with Crippen molar-refractivity contribution in [3.63, 3.8) is 0 Å². The van der Waals surface area contributed by atoms with Gasteiger partial charge in [-0.3, -0.25) is 0 Å². The Morgan fingerprint density at radius 2 is 1.22 bits per heavy atom. The normalized spacial score (nSPS) is 14.2. The Balaban J connectivity index is 1.90. The quantitative estimate of drug-likeness (QED) is 0.138. The molecule has 11 heteroatoms. The van der Waals surface area contributed by atoms with Gasteiger partial charge < -0.3 is 0 Å². The Morgan fingerprint density at radius 3 is 1.61 bits per heavy atom. The van der Waals surface area contributed by atoms with Crippen molar-refractivity contribution in [3.8, 4) is 5.75 Å². The summed E-state index contributed by atoms with van der Waals surface area (Å²) in [6.45, 7) is 5.63. The molecule has 0 saturated heterocycles. The number of amides is 1. The molecule has 0 aliphatic rings. The van der Waals surface area contributed by atoms with E-state index in [1.165, 1.54) is 0 Å². The molecule has 0 aliphatic heterocycles. The van der Waals surface area contributed by atoms with Crippen LogP contribution in [0.2, 0.25) is 0 Å². The zero-order chi connectivity index (χ0) is 34.0. The summed E-state index contributed by atoms with van der Waals surface area (Å²) in [5.74, 6) is -0.350. The van der Waals surface area contributed by atoms with Gasteiger partial charge in [-0.15, -0.1) is 0 Å². The van der Waals surface area contributed by atoms with Crippen LogP contribution in [0.1, 0.15) is 47.8 Å². The molecular formula is C35H35BrF6NO2P. The van der Waals surface area contributed by atoms with Crippen LogP contribution >= 0.6 is 20.8 Å². The number of carbonyl (C=O) groups is 1. The van der Waals surface area contributed by atoms with Crippen molar-refractivity contribution in [2.24, 2.45) is 5.41 Å². The molecule has 0 unspecified atom stereocenters. The van der Waals surface area contributed by atoms with Crippen molar-refractivity contribution in [3.05, 3.63) is 125 Å². The summed E-state index contributed by atoms with van der Waals surface area (Å²) in [4.78, 5) is 13.7. The van der Waals surface area contributed by atoms with E-state index < -0.39 is 51.7 Å². The summed E-state index contributed by atoms with van der Waals surface area (Å²) in [7, 11) is 1.58. The summed E-state index contributed by atoms with van der Waals surface area (Å²) in [6.07, 6.45) is -9.37. The molecule has 0 spiro atoms. The van der Waals surface area contributed by atoms with Crippen LogP contribution in [0.5, 0.6) is 5.75 Å². The van der Waals surface area contributed by atoms with Gasteiger partial charge in [0.05, 0.1) is 0 Å². The van der Waals surface area contributed by atoms with Crippen LogP contribution in [0, 0.1) is 5.41 Å². The van der Waals surface area contributed by atoms with Gasteiger partial charge in [-0.1, -0.05) is 0 Å². The van der Waals surface area contributed by atoms with Gasteiger partial charge >= 0.3 is 274 Å². The Bertz CT molecular complexity index is 1580. The molecule has 0 saturated carbocycles. The number of alkyl halides is 6. The van der Waals surface area contributed by atoms with E-state index in [9.17, 15) is 31.1 Å². The molecule has 0 aromatic heterocycles. The van der Waals surface area contributed by atoms with Gasteiger partial charge in [0.15, 0.2) is 0 Å². The van der Waals surface area contributed by atoms with Gasteiger partial charge in [-0.2, -0.15) is 0 Å². The molecule has 246 valence electrons. The van der Waals surface area contributed by atoms with Gasteiger partial charge in [0.25, 0.3) is 0 Å². The molecule has 0 bridgehead atoms. The first-order valence-electron chi connectivity index (χ1n) is 14.4. The van der Waals surface area contributed by atoms with E-state index in [2.05, 4.69) is 20.8 Å². The number of nitrogens with one attached hydrogen (secondary N) is 1. The van der Waals surface area contributed by atoms with Crippen molar-refractivity contribution in [2.75, 3.05) is 13.3 Å². The number of rotatable bonds is 9. The third kappa shape index (κ3) is 7.77. The Hall–Kier alpha value is -3.36. The summed E-state index contributed by atoms with van der Waals surface area (Å²) >= 11 is 4.35. The first-order chi connectivity index (χ1) is 21.3. The van der Waals surface area contributed by atoms with E-state index >= 15 is 0 Å². The van der Waals surface area contributed by atoms with E-state index in [1.54, 1.807) is 7.11 Å². The van der Waals surface area contributed by atoms with E-state index in [-0.39, 0.29) is 6.07 Å². The molecule has 4 rings (SSSR count). The maximum atomic E-state index is 13.7. The zero-order valence-corrected chi connectivity index (χ0v) is 28.2. The fourth-order valence-corrected chi connectivity index (χ4v) is 14.0. The summed E-state index contributed by atoms with van der Waals surface area (Å²) in [6, 6.07) is 27.3. The van der Waals surface area contributed by atoms with Crippen LogP contribution in [0.3, 0.4) is 0 Å². The minimum atomic E-state index is -5.08. The fourth-order valence-electron chi connectivity index (χ4n) is 5.50. The second-order valence-corrected chi connectivity index (χ2v) is 22.0. The maximum absolute atomic E-state index is 13.7. The second-order valence-electron chi connectivity index (χ2n) is 12.4. The molecule has 1 amide bonds. The minimum absolute atomic E-state index is 0.0165.